The molecule has 0 bridgehead atoms. The lowest BCUT2D eigenvalue weighted by Crippen LogP contribution is -2.11. The Morgan fingerprint density at radius 1 is 1.40 bits per heavy atom. The largest absolute Gasteiger partial charge is 0.309 e. The zero-order valence-electron chi connectivity index (χ0n) is 11.7. The van der Waals surface area contributed by atoms with Crippen LogP contribution < -0.4 is 5.32 Å². The van der Waals surface area contributed by atoms with Crippen molar-refractivity contribution in [3.63, 3.8) is 0 Å². The lowest BCUT2D eigenvalue weighted by atomic mass is 10.2. The number of nitrogens with one attached hydrogen (secondary N) is 1. The first-order valence-corrected chi connectivity index (χ1v) is 7.05. The number of hydrogen-bond acceptors (Lipinski definition) is 2. The van der Waals surface area contributed by atoms with E-state index in [2.05, 4.69) is 10.4 Å². The van der Waals surface area contributed by atoms with Gasteiger partial charge in [0.1, 0.15) is 0 Å². The number of amides is 1. The molecule has 0 unspecified atom stereocenters. The van der Waals surface area contributed by atoms with E-state index in [9.17, 15) is 4.79 Å². The van der Waals surface area contributed by atoms with E-state index < -0.39 is 0 Å². The summed E-state index contributed by atoms with van der Waals surface area (Å²) in [6, 6.07) is 9.55. The molecule has 1 heterocycles. The summed E-state index contributed by atoms with van der Waals surface area (Å²) in [6.45, 7) is 4.52. The molecule has 106 valence electrons. The minimum atomic E-state index is -0.00473. The van der Waals surface area contributed by atoms with E-state index in [1.54, 1.807) is 0 Å². The molecule has 2 aromatic rings. The molecule has 4 nitrogen and oxygen atoms in total. The van der Waals surface area contributed by atoms with Gasteiger partial charge in [0.2, 0.25) is 5.91 Å². The van der Waals surface area contributed by atoms with Crippen molar-refractivity contribution in [3.8, 4) is 0 Å². The Kier molecular flexibility index (Phi) is 4.79. The smallest absolute Gasteiger partial charge is 0.225 e. The van der Waals surface area contributed by atoms with E-state index in [0.29, 0.717) is 18.8 Å². The minimum absolute atomic E-state index is 0.00473. The van der Waals surface area contributed by atoms with Crippen molar-refractivity contribution in [2.24, 2.45) is 0 Å². The van der Waals surface area contributed by atoms with Crippen LogP contribution in [0.4, 0.5) is 5.82 Å². The summed E-state index contributed by atoms with van der Waals surface area (Å²) in [6.07, 6.45) is 1.33. The normalized spacial score (nSPS) is 10.6. The number of halogens is 1. The van der Waals surface area contributed by atoms with E-state index in [1.165, 1.54) is 0 Å². The van der Waals surface area contributed by atoms with Crippen molar-refractivity contribution < 1.29 is 4.79 Å². The molecule has 5 heteroatoms. The Hall–Kier alpha value is -1.81. The second kappa shape index (κ2) is 6.57. The lowest BCUT2D eigenvalue weighted by molar-refractivity contribution is -0.116. The van der Waals surface area contributed by atoms with Crippen molar-refractivity contribution in [2.45, 2.75) is 33.2 Å². The third-order valence-corrected chi connectivity index (χ3v) is 3.37. The Morgan fingerprint density at radius 3 is 2.85 bits per heavy atom. The van der Waals surface area contributed by atoms with Crippen molar-refractivity contribution in [2.75, 3.05) is 5.32 Å². The average molecular weight is 292 g/mol. The lowest BCUT2D eigenvalue weighted by Gasteiger charge is -2.06. The highest BCUT2D eigenvalue weighted by Crippen LogP contribution is 2.18. The van der Waals surface area contributed by atoms with Gasteiger partial charge in [-0.2, -0.15) is 5.10 Å². The maximum Gasteiger partial charge on any atom is 0.225 e. The Balaban J connectivity index is 2.12. The molecule has 0 saturated heterocycles. The molecule has 0 aliphatic carbocycles. The van der Waals surface area contributed by atoms with Crippen molar-refractivity contribution in [1.29, 1.82) is 0 Å². The van der Waals surface area contributed by atoms with Crippen molar-refractivity contribution >= 4 is 23.3 Å². The predicted molar refractivity (Wildman–Crippen MR) is 81.1 cm³/mol. The van der Waals surface area contributed by atoms with Crippen LogP contribution in [0.2, 0.25) is 5.02 Å². The summed E-state index contributed by atoms with van der Waals surface area (Å²) < 4.78 is 1.84. The Labute approximate surface area is 123 Å². The standard InChI is InChI=1S/C15H18ClN3O/c1-3-6-15(20)17-14-9-11(2)19(18-14)10-12-7-4-5-8-13(12)16/h4-5,7-9H,3,6,10H2,1-2H3,(H,17,18,20). The summed E-state index contributed by atoms with van der Waals surface area (Å²) >= 11 is 6.15. The summed E-state index contributed by atoms with van der Waals surface area (Å²) in [7, 11) is 0. The van der Waals surface area contributed by atoms with Gasteiger partial charge in [0, 0.05) is 23.2 Å². The van der Waals surface area contributed by atoms with Gasteiger partial charge in [0.15, 0.2) is 5.82 Å². The van der Waals surface area contributed by atoms with Crippen LogP contribution in [0.15, 0.2) is 30.3 Å². The van der Waals surface area contributed by atoms with Crippen LogP contribution in [-0.2, 0) is 11.3 Å². The molecule has 1 amide bonds. The number of aryl methyl sites for hydroxylation is 1. The van der Waals surface area contributed by atoms with E-state index in [-0.39, 0.29) is 5.91 Å². The minimum Gasteiger partial charge on any atom is -0.309 e. The molecule has 20 heavy (non-hydrogen) atoms. The molecular formula is C15H18ClN3O. The average Bonchev–Trinajstić information content (AvgIpc) is 2.72. The predicted octanol–water partition coefficient (Wildman–Crippen LogP) is 3.63. The molecule has 0 radical (unpaired) electrons. The van der Waals surface area contributed by atoms with Crippen LogP contribution in [0.1, 0.15) is 31.0 Å². The second-order valence-electron chi connectivity index (χ2n) is 4.72. The van der Waals surface area contributed by atoms with Gasteiger partial charge in [-0.05, 0) is 25.0 Å². The molecular weight excluding hydrogens is 274 g/mol. The monoisotopic (exact) mass is 291 g/mol. The quantitative estimate of drug-likeness (QED) is 0.914. The molecule has 0 aliphatic rings. The molecule has 0 saturated carbocycles. The van der Waals surface area contributed by atoms with E-state index >= 15 is 0 Å². The van der Waals surface area contributed by atoms with Crippen molar-refractivity contribution in [3.05, 3.63) is 46.6 Å². The van der Waals surface area contributed by atoms with Gasteiger partial charge in [-0.1, -0.05) is 36.7 Å². The molecule has 1 aromatic carbocycles. The van der Waals surface area contributed by atoms with Gasteiger partial charge < -0.3 is 5.32 Å². The van der Waals surface area contributed by atoms with Gasteiger partial charge in [-0.15, -0.1) is 0 Å². The zero-order chi connectivity index (χ0) is 14.5. The number of rotatable bonds is 5. The van der Waals surface area contributed by atoms with Gasteiger partial charge >= 0.3 is 0 Å². The van der Waals surface area contributed by atoms with Gasteiger partial charge in [0.05, 0.1) is 6.54 Å². The Morgan fingerprint density at radius 2 is 2.15 bits per heavy atom. The Bertz CT molecular complexity index is 607. The first kappa shape index (κ1) is 14.6. The molecule has 0 aliphatic heterocycles. The molecule has 2 rings (SSSR count). The molecule has 0 atom stereocenters. The molecule has 1 aromatic heterocycles. The van der Waals surface area contributed by atoms with E-state index in [1.807, 2.05) is 48.9 Å². The number of anilines is 1. The van der Waals surface area contributed by atoms with Crippen molar-refractivity contribution in [1.82, 2.24) is 9.78 Å². The van der Waals surface area contributed by atoms with E-state index in [0.717, 1.165) is 22.7 Å². The molecule has 1 N–H and O–H groups in total. The van der Waals surface area contributed by atoms with Crippen LogP contribution >= 0.6 is 11.6 Å². The highest BCUT2D eigenvalue weighted by molar-refractivity contribution is 6.31. The van der Waals surface area contributed by atoms with Gasteiger partial charge in [-0.25, -0.2) is 0 Å². The number of benzene rings is 1. The molecule has 0 fully saturated rings. The fourth-order valence-corrected chi connectivity index (χ4v) is 2.15. The summed E-state index contributed by atoms with van der Waals surface area (Å²) in [4.78, 5) is 11.6. The maximum absolute atomic E-state index is 11.6. The van der Waals surface area contributed by atoms with Crippen LogP contribution in [-0.4, -0.2) is 15.7 Å². The second-order valence-corrected chi connectivity index (χ2v) is 5.13. The van der Waals surface area contributed by atoms with Crippen LogP contribution in [0.25, 0.3) is 0 Å². The van der Waals surface area contributed by atoms with Crippen LogP contribution in [0.5, 0.6) is 0 Å². The summed E-state index contributed by atoms with van der Waals surface area (Å²) in [5, 5.41) is 7.92. The van der Waals surface area contributed by atoms with Crippen LogP contribution in [0.3, 0.4) is 0 Å². The maximum atomic E-state index is 11.6. The third kappa shape index (κ3) is 3.61. The number of hydrogen-bond donors (Lipinski definition) is 1. The van der Waals surface area contributed by atoms with E-state index in [4.69, 9.17) is 11.6 Å². The topological polar surface area (TPSA) is 46.9 Å². The zero-order valence-corrected chi connectivity index (χ0v) is 12.4. The number of aromatic nitrogens is 2. The summed E-state index contributed by atoms with van der Waals surface area (Å²) in [5.41, 5.74) is 1.99. The fourth-order valence-electron chi connectivity index (χ4n) is 1.95. The number of nitrogens with zero attached hydrogens (tertiary/aromatic N) is 2. The first-order chi connectivity index (χ1) is 9.60. The number of carbonyl (C=O) groups is 1. The summed E-state index contributed by atoms with van der Waals surface area (Å²) in [5.74, 6) is 0.586. The third-order valence-electron chi connectivity index (χ3n) is 3.00. The highest BCUT2D eigenvalue weighted by atomic mass is 35.5. The SMILES string of the molecule is CCCC(=O)Nc1cc(C)n(Cc2ccccc2Cl)n1. The van der Waals surface area contributed by atoms with Crippen LogP contribution in [0, 0.1) is 6.92 Å². The highest BCUT2D eigenvalue weighted by Gasteiger charge is 2.09. The number of carbonyl (C=O) groups excluding carboxylic acids is 1. The molecule has 0 spiro atoms. The fraction of sp³-hybridized carbons (Fsp3) is 0.333. The van der Waals surface area contributed by atoms with Gasteiger partial charge in [0.25, 0.3) is 0 Å². The first-order valence-electron chi connectivity index (χ1n) is 6.68. The van der Waals surface area contributed by atoms with Gasteiger partial charge in [-0.3, -0.25) is 9.48 Å².